The predicted octanol–water partition coefficient (Wildman–Crippen LogP) is 3.27. The molecular weight excluding hydrogens is 336 g/mol. The van der Waals surface area contributed by atoms with E-state index in [2.05, 4.69) is 21.2 Å². The van der Waals surface area contributed by atoms with Gasteiger partial charge in [-0.2, -0.15) is 5.26 Å². The molecule has 6 heteroatoms. The van der Waals surface area contributed by atoms with Crippen molar-refractivity contribution in [3.63, 3.8) is 0 Å². The monoisotopic (exact) mass is 344 g/mol. The van der Waals surface area contributed by atoms with Crippen molar-refractivity contribution < 1.29 is 14.7 Å². The summed E-state index contributed by atoms with van der Waals surface area (Å²) in [6.45, 7) is 0. The van der Waals surface area contributed by atoms with E-state index in [0.29, 0.717) is 10.0 Å². The normalized spacial score (nSPS) is 9.71. The van der Waals surface area contributed by atoms with Crippen LogP contribution in [0.15, 0.2) is 46.9 Å². The molecule has 0 heterocycles. The van der Waals surface area contributed by atoms with E-state index >= 15 is 0 Å². The maximum Gasteiger partial charge on any atom is 0.337 e. The molecule has 1 amide bonds. The molecule has 0 radical (unpaired) electrons. The van der Waals surface area contributed by atoms with Gasteiger partial charge in [0.2, 0.25) is 0 Å². The highest BCUT2D eigenvalue weighted by molar-refractivity contribution is 9.10. The second-order valence-corrected chi connectivity index (χ2v) is 5.06. The van der Waals surface area contributed by atoms with Gasteiger partial charge in [0.15, 0.2) is 0 Å². The Morgan fingerprint density at radius 2 is 1.95 bits per heavy atom. The van der Waals surface area contributed by atoms with Crippen molar-refractivity contribution in [2.24, 2.45) is 0 Å². The van der Waals surface area contributed by atoms with Crippen LogP contribution in [-0.4, -0.2) is 17.0 Å². The zero-order chi connectivity index (χ0) is 15.4. The zero-order valence-electron chi connectivity index (χ0n) is 10.6. The molecule has 0 aliphatic rings. The number of anilines is 1. The number of amides is 1. The van der Waals surface area contributed by atoms with E-state index in [9.17, 15) is 9.59 Å². The van der Waals surface area contributed by atoms with Crippen LogP contribution in [-0.2, 0) is 0 Å². The van der Waals surface area contributed by atoms with Crippen LogP contribution in [0.25, 0.3) is 0 Å². The molecule has 0 fully saturated rings. The Bertz CT molecular complexity index is 766. The van der Waals surface area contributed by atoms with Gasteiger partial charge in [0.25, 0.3) is 5.91 Å². The summed E-state index contributed by atoms with van der Waals surface area (Å²) in [6.07, 6.45) is 0. The standard InChI is InChI=1S/C15H9BrN2O3/c16-11-4-5-13(12(7-11)15(20)21)18-14(19)10-3-1-2-9(6-10)8-17/h1-7H,(H,18,19)(H,20,21). The number of carboxylic acids is 1. The van der Waals surface area contributed by atoms with Gasteiger partial charge < -0.3 is 10.4 Å². The van der Waals surface area contributed by atoms with Crippen LogP contribution < -0.4 is 5.32 Å². The molecule has 0 saturated heterocycles. The third-order valence-electron chi connectivity index (χ3n) is 2.71. The van der Waals surface area contributed by atoms with Crippen LogP contribution >= 0.6 is 15.9 Å². The fourth-order valence-corrected chi connectivity index (χ4v) is 2.09. The first-order chi connectivity index (χ1) is 10.0. The molecule has 0 aliphatic heterocycles. The van der Waals surface area contributed by atoms with Gasteiger partial charge >= 0.3 is 5.97 Å². The molecule has 2 aromatic carbocycles. The number of benzene rings is 2. The molecule has 0 saturated carbocycles. The highest BCUT2D eigenvalue weighted by Crippen LogP contribution is 2.22. The molecule has 2 N–H and O–H groups in total. The average Bonchev–Trinajstić information content (AvgIpc) is 2.48. The van der Waals surface area contributed by atoms with E-state index < -0.39 is 11.9 Å². The second-order valence-electron chi connectivity index (χ2n) is 4.14. The Kier molecular flexibility index (Phi) is 4.36. The Morgan fingerprint density at radius 3 is 2.62 bits per heavy atom. The summed E-state index contributed by atoms with van der Waals surface area (Å²) in [7, 11) is 0. The van der Waals surface area contributed by atoms with Crippen molar-refractivity contribution in [1.29, 1.82) is 5.26 Å². The van der Waals surface area contributed by atoms with E-state index in [1.807, 2.05) is 6.07 Å². The maximum absolute atomic E-state index is 12.1. The van der Waals surface area contributed by atoms with E-state index in [4.69, 9.17) is 10.4 Å². The van der Waals surface area contributed by atoms with E-state index in [-0.39, 0.29) is 16.8 Å². The molecule has 0 aliphatic carbocycles. The van der Waals surface area contributed by atoms with Crippen LogP contribution in [0, 0.1) is 11.3 Å². The van der Waals surface area contributed by atoms with Gasteiger partial charge in [-0.05, 0) is 36.4 Å². The van der Waals surface area contributed by atoms with Crippen molar-refractivity contribution >= 4 is 33.5 Å². The Hall–Kier alpha value is -2.65. The zero-order valence-corrected chi connectivity index (χ0v) is 12.2. The molecule has 2 rings (SSSR count). The molecular formula is C15H9BrN2O3. The first kappa shape index (κ1) is 14.8. The first-order valence-electron chi connectivity index (χ1n) is 5.85. The van der Waals surface area contributed by atoms with Gasteiger partial charge in [-0.1, -0.05) is 22.0 Å². The van der Waals surface area contributed by atoms with Crippen molar-refractivity contribution in [2.75, 3.05) is 5.32 Å². The second kappa shape index (κ2) is 6.20. The topological polar surface area (TPSA) is 90.2 Å². The molecule has 0 aromatic heterocycles. The van der Waals surface area contributed by atoms with Crippen LogP contribution in [0.2, 0.25) is 0 Å². The van der Waals surface area contributed by atoms with Crippen molar-refractivity contribution in [3.8, 4) is 6.07 Å². The summed E-state index contributed by atoms with van der Waals surface area (Å²) in [5, 5.41) is 20.5. The number of hydrogen-bond donors (Lipinski definition) is 2. The summed E-state index contributed by atoms with van der Waals surface area (Å²) in [5.41, 5.74) is 0.817. The summed E-state index contributed by atoms with van der Waals surface area (Å²) in [4.78, 5) is 23.3. The molecule has 21 heavy (non-hydrogen) atoms. The minimum Gasteiger partial charge on any atom is -0.478 e. The first-order valence-corrected chi connectivity index (χ1v) is 6.65. The molecule has 0 bridgehead atoms. The summed E-state index contributed by atoms with van der Waals surface area (Å²) in [5.74, 6) is -1.62. The molecule has 0 atom stereocenters. The third-order valence-corrected chi connectivity index (χ3v) is 3.21. The number of carbonyl (C=O) groups excluding carboxylic acids is 1. The van der Waals surface area contributed by atoms with Crippen molar-refractivity contribution in [3.05, 3.63) is 63.6 Å². The third kappa shape index (κ3) is 3.46. The quantitative estimate of drug-likeness (QED) is 0.893. The number of nitrogens with one attached hydrogen (secondary N) is 1. The average molecular weight is 345 g/mol. The predicted molar refractivity (Wildman–Crippen MR) is 80.2 cm³/mol. The lowest BCUT2D eigenvalue weighted by Gasteiger charge is -2.09. The number of halogens is 1. The minimum atomic E-state index is -1.14. The van der Waals surface area contributed by atoms with E-state index in [1.165, 1.54) is 18.2 Å². The lowest BCUT2D eigenvalue weighted by Crippen LogP contribution is -2.15. The van der Waals surface area contributed by atoms with Crippen molar-refractivity contribution in [2.45, 2.75) is 0 Å². The number of carbonyl (C=O) groups is 2. The van der Waals surface area contributed by atoms with Gasteiger partial charge in [-0.25, -0.2) is 4.79 Å². The smallest absolute Gasteiger partial charge is 0.337 e. The van der Waals surface area contributed by atoms with Gasteiger partial charge in [0, 0.05) is 10.0 Å². The number of nitriles is 1. The Labute approximate surface area is 129 Å². The molecule has 2 aromatic rings. The largest absolute Gasteiger partial charge is 0.478 e. The van der Waals surface area contributed by atoms with Gasteiger partial charge in [0.1, 0.15) is 0 Å². The van der Waals surface area contributed by atoms with Crippen molar-refractivity contribution in [1.82, 2.24) is 0 Å². The van der Waals surface area contributed by atoms with Gasteiger partial charge in [-0.15, -0.1) is 0 Å². The number of rotatable bonds is 3. The minimum absolute atomic E-state index is 0.0193. The number of carboxylic acid groups (broad SMARTS) is 1. The summed E-state index contributed by atoms with van der Waals surface area (Å²) in [6, 6.07) is 12.6. The number of hydrogen-bond acceptors (Lipinski definition) is 3. The number of nitrogens with zero attached hydrogens (tertiary/aromatic N) is 1. The lowest BCUT2D eigenvalue weighted by atomic mass is 10.1. The summed E-state index contributed by atoms with van der Waals surface area (Å²) < 4.78 is 0.601. The molecule has 104 valence electrons. The van der Waals surface area contributed by atoms with Crippen LogP contribution in [0.5, 0.6) is 0 Å². The fraction of sp³-hybridized carbons (Fsp3) is 0. The fourth-order valence-electron chi connectivity index (χ4n) is 1.73. The lowest BCUT2D eigenvalue weighted by molar-refractivity contribution is 0.0698. The van der Waals surface area contributed by atoms with Gasteiger partial charge in [-0.3, -0.25) is 4.79 Å². The SMILES string of the molecule is N#Cc1cccc(C(=O)Nc2ccc(Br)cc2C(=O)O)c1. The summed E-state index contributed by atoms with van der Waals surface area (Å²) >= 11 is 3.18. The molecule has 0 unspecified atom stereocenters. The molecule has 0 spiro atoms. The van der Waals surface area contributed by atoms with Gasteiger partial charge in [0.05, 0.1) is 22.9 Å². The van der Waals surface area contributed by atoms with Crippen LogP contribution in [0.3, 0.4) is 0 Å². The van der Waals surface area contributed by atoms with Crippen LogP contribution in [0.1, 0.15) is 26.3 Å². The van der Waals surface area contributed by atoms with Crippen LogP contribution in [0.4, 0.5) is 5.69 Å². The van der Waals surface area contributed by atoms with E-state index in [1.54, 1.807) is 24.3 Å². The van der Waals surface area contributed by atoms with E-state index in [0.717, 1.165) is 0 Å². The highest BCUT2D eigenvalue weighted by Gasteiger charge is 2.14. The number of aromatic carboxylic acids is 1. The maximum atomic E-state index is 12.1. The Morgan fingerprint density at radius 1 is 1.19 bits per heavy atom. The molecule has 5 nitrogen and oxygen atoms in total. The highest BCUT2D eigenvalue weighted by atomic mass is 79.9. The Balaban J connectivity index is 2.32.